The van der Waals surface area contributed by atoms with Crippen molar-refractivity contribution in [3.05, 3.63) is 51.3 Å². The Labute approximate surface area is 156 Å². The fraction of sp³-hybridized carbons (Fsp3) is 0.333. The molecule has 2 aromatic rings. The number of benzene rings is 1. The van der Waals surface area contributed by atoms with Crippen LogP contribution < -0.4 is 10.1 Å². The molecule has 9 heteroatoms. The molecule has 0 radical (unpaired) electrons. The van der Waals surface area contributed by atoms with Crippen LogP contribution in [-0.4, -0.2) is 35.1 Å². The Kier molecular flexibility index (Phi) is 6.17. The number of nitro benzene ring substituents is 1. The van der Waals surface area contributed by atoms with Gasteiger partial charge in [-0.05, 0) is 32.9 Å². The summed E-state index contributed by atoms with van der Waals surface area (Å²) in [6, 6.07) is 5.51. The van der Waals surface area contributed by atoms with Crippen molar-refractivity contribution in [1.82, 2.24) is 4.57 Å². The zero-order chi connectivity index (χ0) is 20.1. The molecule has 0 saturated carbocycles. The highest BCUT2D eigenvalue weighted by Crippen LogP contribution is 2.28. The van der Waals surface area contributed by atoms with Gasteiger partial charge in [-0.3, -0.25) is 14.9 Å². The summed E-state index contributed by atoms with van der Waals surface area (Å²) in [4.78, 5) is 34.5. The molecule has 0 saturated heterocycles. The molecule has 27 heavy (non-hydrogen) atoms. The van der Waals surface area contributed by atoms with Crippen molar-refractivity contribution in [2.45, 2.75) is 27.3 Å². The number of carbonyl (C=O) groups excluding carboxylic acids is 2. The van der Waals surface area contributed by atoms with Gasteiger partial charge in [-0.25, -0.2) is 4.79 Å². The average molecular weight is 375 g/mol. The molecule has 1 aromatic carbocycles. The first-order valence-electron chi connectivity index (χ1n) is 8.24. The third kappa shape index (κ3) is 4.43. The molecule has 1 N–H and O–H groups in total. The summed E-state index contributed by atoms with van der Waals surface area (Å²) in [6.45, 7) is 5.91. The second-order valence-corrected chi connectivity index (χ2v) is 5.80. The number of aryl methyl sites for hydroxylation is 1. The van der Waals surface area contributed by atoms with Crippen LogP contribution in [0.1, 0.15) is 28.7 Å². The number of ether oxygens (including phenoxy) is 2. The van der Waals surface area contributed by atoms with Crippen LogP contribution in [-0.2, 0) is 16.1 Å². The van der Waals surface area contributed by atoms with E-state index in [4.69, 9.17) is 9.47 Å². The van der Waals surface area contributed by atoms with Crippen LogP contribution in [0.2, 0.25) is 0 Å². The van der Waals surface area contributed by atoms with Crippen LogP contribution in [0.25, 0.3) is 0 Å². The Morgan fingerprint density at radius 3 is 2.52 bits per heavy atom. The lowest BCUT2D eigenvalue weighted by Gasteiger charge is -2.10. The first-order chi connectivity index (χ1) is 12.8. The standard InChI is InChI=1S/C18H21N3O6/c1-5-20-11(2)8-14(12(20)3)18(23)27-10-17(22)19-15-7-6-13(21(24)25)9-16(15)26-4/h6-9H,5,10H2,1-4H3,(H,19,22). The van der Waals surface area contributed by atoms with Crippen LogP contribution >= 0.6 is 0 Å². The molecule has 0 spiro atoms. The van der Waals surface area contributed by atoms with Crippen LogP contribution in [0.5, 0.6) is 5.75 Å². The Balaban J connectivity index is 2.02. The first-order valence-corrected chi connectivity index (χ1v) is 8.24. The number of rotatable bonds is 7. The molecule has 0 aliphatic rings. The third-order valence-electron chi connectivity index (χ3n) is 4.11. The van der Waals surface area contributed by atoms with E-state index in [0.717, 1.165) is 17.9 Å². The van der Waals surface area contributed by atoms with Crippen LogP contribution in [0, 0.1) is 24.0 Å². The van der Waals surface area contributed by atoms with Gasteiger partial charge in [0.15, 0.2) is 6.61 Å². The van der Waals surface area contributed by atoms with Crippen molar-refractivity contribution in [1.29, 1.82) is 0 Å². The van der Waals surface area contributed by atoms with Crippen LogP contribution in [0.3, 0.4) is 0 Å². The summed E-state index contributed by atoms with van der Waals surface area (Å²) >= 11 is 0. The topological polar surface area (TPSA) is 113 Å². The average Bonchev–Trinajstić information content (AvgIpc) is 2.93. The molecule has 0 fully saturated rings. The van der Waals surface area contributed by atoms with E-state index in [1.165, 1.54) is 25.3 Å². The van der Waals surface area contributed by atoms with E-state index >= 15 is 0 Å². The van der Waals surface area contributed by atoms with Crippen LogP contribution in [0.4, 0.5) is 11.4 Å². The first kappa shape index (κ1) is 20.0. The van der Waals surface area contributed by atoms with E-state index in [1.54, 1.807) is 6.07 Å². The van der Waals surface area contributed by atoms with E-state index < -0.39 is 23.4 Å². The molecule has 144 valence electrons. The van der Waals surface area contributed by atoms with Crippen molar-refractivity contribution >= 4 is 23.3 Å². The lowest BCUT2D eigenvalue weighted by Crippen LogP contribution is -2.21. The van der Waals surface area contributed by atoms with Crippen LogP contribution in [0.15, 0.2) is 24.3 Å². The van der Waals surface area contributed by atoms with Gasteiger partial charge in [-0.1, -0.05) is 0 Å². The van der Waals surface area contributed by atoms with Crippen molar-refractivity contribution < 1.29 is 24.0 Å². The number of nitro groups is 1. The Hall–Kier alpha value is -3.36. The second-order valence-electron chi connectivity index (χ2n) is 5.80. The van der Waals surface area contributed by atoms with Gasteiger partial charge in [0.1, 0.15) is 5.75 Å². The predicted molar refractivity (Wildman–Crippen MR) is 98.1 cm³/mol. The highest BCUT2D eigenvalue weighted by atomic mass is 16.6. The van der Waals surface area contributed by atoms with Gasteiger partial charge in [-0.15, -0.1) is 0 Å². The monoisotopic (exact) mass is 375 g/mol. The van der Waals surface area contributed by atoms with Crippen molar-refractivity contribution in [2.75, 3.05) is 19.0 Å². The highest BCUT2D eigenvalue weighted by molar-refractivity contribution is 5.97. The second kappa shape index (κ2) is 8.35. The molecule has 0 aliphatic carbocycles. The third-order valence-corrected chi connectivity index (χ3v) is 4.11. The number of anilines is 1. The lowest BCUT2D eigenvalue weighted by molar-refractivity contribution is -0.384. The van der Waals surface area contributed by atoms with E-state index in [-0.39, 0.29) is 17.1 Å². The number of amides is 1. The molecule has 1 aromatic heterocycles. The maximum Gasteiger partial charge on any atom is 0.340 e. The van der Waals surface area contributed by atoms with E-state index in [1.807, 2.05) is 25.3 Å². The molecule has 1 amide bonds. The quantitative estimate of drug-likeness (QED) is 0.452. The van der Waals surface area contributed by atoms with E-state index in [9.17, 15) is 19.7 Å². The summed E-state index contributed by atoms with van der Waals surface area (Å²) < 4.78 is 12.1. The molecule has 0 atom stereocenters. The number of methoxy groups -OCH3 is 1. The van der Waals surface area contributed by atoms with Gasteiger partial charge in [0, 0.05) is 24.0 Å². The largest absolute Gasteiger partial charge is 0.494 e. The summed E-state index contributed by atoms with van der Waals surface area (Å²) in [7, 11) is 1.33. The zero-order valence-corrected chi connectivity index (χ0v) is 15.6. The molecule has 9 nitrogen and oxygen atoms in total. The number of non-ortho nitro benzene ring substituents is 1. The Bertz CT molecular complexity index is 887. The SMILES string of the molecule is CCn1c(C)cc(C(=O)OCC(=O)Nc2ccc([N+](=O)[O-])cc2OC)c1C. The Morgan fingerprint density at radius 2 is 1.96 bits per heavy atom. The minimum Gasteiger partial charge on any atom is -0.494 e. The van der Waals surface area contributed by atoms with Gasteiger partial charge in [-0.2, -0.15) is 0 Å². The molecular formula is C18H21N3O6. The summed E-state index contributed by atoms with van der Waals surface area (Å²) in [5.74, 6) is -1.04. The van der Waals surface area contributed by atoms with Gasteiger partial charge >= 0.3 is 5.97 Å². The van der Waals surface area contributed by atoms with Crippen molar-refractivity contribution in [3.8, 4) is 5.75 Å². The van der Waals surface area contributed by atoms with Gasteiger partial charge in [0.05, 0.1) is 29.4 Å². The normalized spacial score (nSPS) is 10.4. The molecular weight excluding hydrogens is 354 g/mol. The molecule has 0 aliphatic heterocycles. The van der Waals surface area contributed by atoms with Gasteiger partial charge in [0.2, 0.25) is 0 Å². The molecule has 1 heterocycles. The molecule has 0 bridgehead atoms. The minimum absolute atomic E-state index is 0.135. The predicted octanol–water partition coefficient (Wildman–Crippen LogP) is 2.84. The van der Waals surface area contributed by atoms with Gasteiger partial charge < -0.3 is 19.4 Å². The summed E-state index contributed by atoms with van der Waals surface area (Å²) in [6.07, 6.45) is 0. The number of hydrogen-bond donors (Lipinski definition) is 1. The van der Waals surface area contributed by atoms with E-state index in [2.05, 4.69) is 5.32 Å². The van der Waals surface area contributed by atoms with Crippen molar-refractivity contribution in [3.63, 3.8) is 0 Å². The summed E-state index contributed by atoms with van der Waals surface area (Å²) in [5.41, 5.74) is 2.20. The number of hydrogen-bond acceptors (Lipinski definition) is 6. The lowest BCUT2D eigenvalue weighted by atomic mass is 10.2. The molecule has 2 rings (SSSR count). The fourth-order valence-corrected chi connectivity index (χ4v) is 2.79. The maximum absolute atomic E-state index is 12.2. The number of nitrogens with zero attached hydrogens (tertiary/aromatic N) is 2. The van der Waals surface area contributed by atoms with Crippen molar-refractivity contribution in [2.24, 2.45) is 0 Å². The number of aromatic nitrogens is 1. The Morgan fingerprint density at radius 1 is 1.26 bits per heavy atom. The summed E-state index contributed by atoms with van der Waals surface area (Å²) in [5, 5.41) is 13.3. The number of nitrogens with one attached hydrogen (secondary N) is 1. The maximum atomic E-state index is 12.2. The molecule has 0 unspecified atom stereocenters. The number of esters is 1. The highest BCUT2D eigenvalue weighted by Gasteiger charge is 2.18. The minimum atomic E-state index is -0.589. The zero-order valence-electron chi connectivity index (χ0n) is 15.6. The smallest absolute Gasteiger partial charge is 0.340 e. The van der Waals surface area contributed by atoms with E-state index in [0.29, 0.717) is 5.56 Å². The van der Waals surface area contributed by atoms with Gasteiger partial charge in [0.25, 0.3) is 11.6 Å². The number of carbonyl (C=O) groups is 2. The fourth-order valence-electron chi connectivity index (χ4n) is 2.79.